The van der Waals surface area contributed by atoms with Gasteiger partial charge in [-0.25, -0.2) is 4.79 Å². The number of hydrogen-bond donors (Lipinski definition) is 1. The molecule has 0 aliphatic carbocycles. The molecule has 1 aromatic rings. The molecule has 1 aromatic heterocycles. The number of hydrogen-bond acceptors (Lipinski definition) is 4. The van der Waals surface area contributed by atoms with Crippen molar-refractivity contribution in [3.05, 3.63) is 5.82 Å². The van der Waals surface area contributed by atoms with Crippen LogP contribution in [0.2, 0.25) is 0 Å². The Morgan fingerprint density at radius 2 is 1.55 bits per heavy atom. The molecule has 20 heavy (non-hydrogen) atoms. The molecule has 0 saturated heterocycles. The fourth-order valence-corrected chi connectivity index (χ4v) is 2.16. The average molecular weight is 282 g/mol. The Balaban J connectivity index is 1.93. The number of rotatable bonds is 12. The second-order valence-corrected chi connectivity index (χ2v) is 5.20. The molecule has 0 amide bonds. The predicted molar refractivity (Wildman–Crippen MR) is 76.6 cm³/mol. The fourth-order valence-electron chi connectivity index (χ4n) is 2.16. The van der Waals surface area contributed by atoms with Crippen LogP contribution in [0.1, 0.15) is 81.8 Å². The maximum Gasteiger partial charge on any atom is 0.377 e. The van der Waals surface area contributed by atoms with Crippen LogP contribution in [0.15, 0.2) is 0 Å². The summed E-state index contributed by atoms with van der Waals surface area (Å²) in [4.78, 5) is 11.9. The number of carboxylic acid groups (broad SMARTS) is 1. The van der Waals surface area contributed by atoms with Crippen molar-refractivity contribution < 1.29 is 9.90 Å². The first-order valence-corrected chi connectivity index (χ1v) is 7.75. The van der Waals surface area contributed by atoms with Crippen LogP contribution in [-0.4, -0.2) is 31.3 Å². The molecular formula is C14H26N4O2. The Kier molecular flexibility index (Phi) is 8.58. The van der Waals surface area contributed by atoms with Crippen LogP contribution < -0.4 is 0 Å². The van der Waals surface area contributed by atoms with Crippen molar-refractivity contribution in [3.8, 4) is 0 Å². The van der Waals surface area contributed by atoms with Crippen molar-refractivity contribution in [3.63, 3.8) is 0 Å². The van der Waals surface area contributed by atoms with E-state index in [1.54, 1.807) is 0 Å². The van der Waals surface area contributed by atoms with Crippen molar-refractivity contribution in [1.29, 1.82) is 0 Å². The summed E-state index contributed by atoms with van der Waals surface area (Å²) in [5, 5.41) is 19.6. The number of aromatic nitrogens is 4. The van der Waals surface area contributed by atoms with Gasteiger partial charge in [-0.1, -0.05) is 64.7 Å². The Morgan fingerprint density at radius 3 is 2.05 bits per heavy atom. The van der Waals surface area contributed by atoms with Gasteiger partial charge >= 0.3 is 5.97 Å². The fraction of sp³-hybridized carbons (Fsp3) is 0.857. The van der Waals surface area contributed by atoms with Crippen molar-refractivity contribution in [1.82, 2.24) is 20.2 Å². The van der Waals surface area contributed by atoms with Gasteiger partial charge in [-0.05, 0) is 11.6 Å². The van der Waals surface area contributed by atoms with Gasteiger partial charge < -0.3 is 5.11 Å². The topological polar surface area (TPSA) is 80.9 Å². The molecule has 0 saturated carbocycles. The molecule has 0 aliphatic rings. The summed E-state index contributed by atoms with van der Waals surface area (Å²) >= 11 is 0. The second-order valence-electron chi connectivity index (χ2n) is 5.20. The van der Waals surface area contributed by atoms with Crippen LogP contribution in [0.5, 0.6) is 0 Å². The zero-order valence-electron chi connectivity index (χ0n) is 12.4. The predicted octanol–water partition coefficient (Wildman–Crippen LogP) is 3.29. The number of nitrogens with zero attached hydrogens (tertiary/aromatic N) is 4. The molecule has 0 aliphatic heterocycles. The second kappa shape index (κ2) is 10.3. The lowest BCUT2D eigenvalue weighted by atomic mass is 10.1. The summed E-state index contributed by atoms with van der Waals surface area (Å²) in [6.45, 7) is 2.89. The highest BCUT2D eigenvalue weighted by Crippen LogP contribution is 2.10. The molecule has 0 fully saturated rings. The quantitative estimate of drug-likeness (QED) is 0.595. The summed E-state index contributed by atoms with van der Waals surface area (Å²) in [6.07, 6.45) is 12.7. The van der Waals surface area contributed by atoms with Crippen molar-refractivity contribution in [2.45, 2.75) is 77.7 Å². The molecule has 0 bridgehead atoms. The van der Waals surface area contributed by atoms with Crippen LogP contribution in [0.4, 0.5) is 0 Å². The maximum absolute atomic E-state index is 10.6. The molecule has 0 spiro atoms. The van der Waals surface area contributed by atoms with Crippen LogP contribution in [-0.2, 0) is 6.54 Å². The first-order valence-electron chi connectivity index (χ1n) is 7.75. The van der Waals surface area contributed by atoms with E-state index in [9.17, 15) is 4.79 Å². The summed E-state index contributed by atoms with van der Waals surface area (Å²) in [7, 11) is 0. The van der Waals surface area contributed by atoms with E-state index in [0.717, 1.165) is 12.8 Å². The van der Waals surface area contributed by atoms with E-state index < -0.39 is 5.97 Å². The maximum atomic E-state index is 10.6. The number of aryl methyl sites for hydroxylation is 1. The van der Waals surface area contributed by atoms with E-state index in [0.29, 0.717) is 6.54 Å². The Morgan fingerprint density at radius 1 is 1.00 bits per heavy atom. The molecule has 1 rings (SSSR count). The van der Waals surface area contributed by atoms with E-state index in [1.807, 2.05) is 0 Å². The number of carboxylic acids is 1. The SMILES string of the molecule is CCCCCCCCCCCCn1nnc(C(=O)O)n1. The van der Waals surface area contributed by atoms with Gasteiger partial charge in [0.05, 0.1) is 6.54 Å². The minimum absolute atomic E-state index is 0.225. The van der Waals surface area contributed by atoms with Crippen molar-refractivity contribution in [2.24, 2.45) is 0 Å². The van der Waals surface area contributed by atoms with Crippen molar-refractivity contribution in [2.75, 3.05) is 0 Å². The monoisotopic (exact) mass is 282 g/mol. The van der Waals surface area contributed by atoms with E-state index in [2.05, 4.69) is 22.3 Å². The van der Waals surface area contributed by atoms with Gasteiger partial charge in [0.2, 0.25) is 0 Å². The third kappa shape index (κ3) is 7.21. The van der Waals surface area contributed by atoms with Gasteiger partial charge in [0.15, 0.2) is 0 Å². The van der Waals surface area contributed by atoms with Gasteiger partial charge in [0.1, 0.15) is 0 Å². The lowest BCUT2D eigenvalue weighted by Crippen LogP contribution is -2.04. The van der Waals surface area contributed by atoms with E-state index in [-0.39, 0.29) is 5.82 Å². The summed E-state index contributed by atoms with van der Waals surface area (Å²) in [6, 6.07) is 0. The number of tetrazole rings is 1. The van der Waals surface area contributed by atoms with Crippen LogP contribution in [0.3, 0.4) is 0 Å². The third-order valence-electron chi connectivity index (χ3n) is 3.36. The van der Waals surface area contributed by atoms with Crippen molar-refractivity contribution >= 4 is 5.97 Å². The molecule has 1 N–H and O–H groups in total. The van der Waals surface area contributed by atoms with Gasteiger partial charge in [0.25, 0.3) is 5.82 Å². The van der Waals surface area contributed by atoms with Gasteiger partial charge in [-0.15, -0.1) is 10.2 Å². The largest absolute Gasteiger partial charge is 0.475 e. The average Bonchev–Trinajstić information content (AvgIpc) is 2.90. The smallest absolute Gasteiger partial charge is 0.377 e. The third-order valence-corrected chi connectivity index (χ3v) is 3.36. The van der Waals surface area contributed by atoms with E-state index >= 15 is 0 Å². The number of unbranched alkanes of at least 4 members (excludes halogenated alkanes) is 9. The van der Waals surface area contributed by atoms with Gasteiger partial charge in [-0.2, -0.15) is 4.80 Å². The van der Waals surface area contributed by atoms with Gasteiger partial charge in [-0.3, -0.25) is 0 Å². The zero-order valence-corrected chi connectivity index (χ0v) is 12.4. The number of carbonyl (C=O) groups is 1. The standard InChI is InChI=1S/C14H26N4O2/c1-2-3-4-5-6-7-8-9-10-11-12-18-16-13(14(19)20)15-17-18/h2-12H2,1H3,(H,19,20). The first-order chi connectivity index (χ1) is 9.74. The molecule has 6 nitrogen and oxygen atoms in total. The van der Waals surface area contributed by atoms with E-state index in [4.69, 9.17) is 5.11 Å². The molecule has 6 heteroatoms. The molecule has 0 unspecified atom stereocenters. The lowest BCUT2D eigenvalue weighted by Gasteiger charge is -2.02. The Bertz CT molecular complexity index is 379. The summed E-state index contributed by atoms with van der Waals surface area (Å²) in [5.74, 6) is -1.35. The molecule has 0 atom stereocenters. The first kappa shape index (κ1) is 16.6. The minimum Gasteiger partial charge on any atom is -0.475 e. The zero-order chi connectivity index (χ0) is 14.6. The minimum atomic E-state index is -1.13. The molecule has 0 radical (unpaired) electrons. The lowest BCUT2D eigenvalue weighted by molar-refractivity contribution is 0.0683. The Hall–Kier alpha value is -1.46. The summed E-state index contributed by atoms with van der Waals surface area (Å²) < 4.78 is 0. The molecule has 114 valence electrons. The van der Waals surface area contributed by atoms with Crippen LogP contribution in [0, 0.1) is 0 Å². The van der Waals surface area contributed by atoms with E-state index in [1.165, 1.54) is 56.2 Å². The normalized spacial score (nSPS) is 10.8. The highest BCUT2D eigenvalue weighted by Gasteiger charge is 2.09. The molecular weight excluding hydrogens is 256 g/mol. The summed E-state index contributed by atoms with van der Waals surface area (Å²) in [5.41, 5.74) is 0. The highest BCUT2D eigenvalue weighted by atomic mass is 16.4. The molecule has 0 aromatic carbocycles. The Labute approximate surface area is 120 Å². The van der Waals surface area contributed by atoms with Crippen LogP contribution in [0.25, 0.3) is 0 Å². The number of aromatic carboxylic acids is 1. The van der Waals surface area contributed by atoms with Crippen LogP contribution >= 0.6 is 0 Å². The molecule has 1 heterocycles. The van der Waals surface area contributed by atoms with Gasteiger partial charge in [0, 0.05) is 0 Å². The highest BCUT2D eigenvalue weighted by molar-refractivity contribution is 5.82.